The van der Waals surface area contributed by atoms with E-state index in [9.17, 15) is 4.79 Å². The quantitative estimate of drug-likeness (QED) is 0.734. The Kier molecular flexibility index (Phi) is 4.40. The summed E-state index contributed by atoms with van der Waals surface area (Å²) in [5, 5.41) is 0.983. The summed E-state index contributed by atoms with van der Waals surface area (Å²) >= 11 is 11.7. The lowest BCUT2D eigenvalue weighted by Crippen LogP contribution is -2.01. The van der Waals surface area contributed by atoms with Crippen molar-refractivity contribution in [1.29, 1.82) is 0 Å². The summed E-state index contributed by atoms with van der Waals surface area (Å²) in [4.78, 5) is 12.0. The lowest BCUT2D eigenvalue weighted by atomic mass is 10.0. The van der Waals surface area contributed by atoms with Crippen molar-refractivity contribution < 1.29 is 4.79 Å². The molecule has 0 saturated heterocycles. The first-order chi connectivity index (χ1) is 8.65. The third kappa shape index (κ3) is 3.59. The van der Waals surface area contributed by atoms with Gasteiger partial charge in [-0.1, -0.05) is 53.5 Å². The van der Waals surface area contributed by atoms with E-state index in [1.807, 2.05) is 30.3 Å². The number of Topliss-reactive ketones (excluding diaryl/α,β-unsaturated/α-hetero) is 1. The Hall–Kier alpha value is -1.31. The number of ketones is 1. The van der Waals surface area contributed by atoms with E-state index in [0.29, 0.717) is 22.0 Å². The monoisotopic (exact) mass is 278 g/mol. The Balaban J connectivity index is 2.04. The Morgan fingerprint density at radius 3 is 2.17 bits per heavy atom. The molecule has 2 aromatic carbocycles. The van der Waals surface area contributed by atoms with Gasteiger partial charge >= 0.3 is 0 Å². The molecule has 0 aromatic heterocycles. The van der Waals surface area contributed by atoms with E-state index in [1.165, 1.54) is 0 Å². The van der Waals surface area contributed by atoms with Crippen molar-refractivity contribution in [3.8, 4) is 0 Å². The second-order valence-electron chi connectivity index (χ2n) is 4.07. The molecule has 0 aliphatic heterocycles. The van der Waals surface area contributed by atoms with Gasteiger partial charge in [-0.15, -0.1) is 0 Å². The summed E-state index contributed by atoms with van der Waals surface area (Å²) in [5.74, 6) is 0.0586. The highest BCUT2D eigenvalue weighted by Gasteiger charge is 2.08. The molecule has 0 spiro atoms. The maximum absolute atomic E-state index is 12.0. The zero-order valence-corrected chi connectivity index (χ0v) is 11.2. The van der Waals surface area contributed by atoms with E-state index in [2.05, 4.69) is 0 Å². The summed E-state index contributed by atoms with van der Waals surface area (Å²) in [6.07, 6.45) is 1.19. The van der Waals surface area contributed by atoms with Gasteiger partial charge in [0.25, 0.3) is 0 Å². The molecule has 0 radical (unpaired) electrons. The van der Waals surface area contributed by atoms with Crippen LogP contribution in [0.15, 0.2) is 48.5 Å². The van der Waals surface area contributed by atoms with E-state index in [-0.39, 0.29) is 5.78 Å². The first kappa shape index (κ1) is 13.1. The van der Waals surface area contributed by atoms with Gasteiger partial charge < -0.3 is 0 Å². The molecule has 2 aromatic rings. The van der Waals surface area contributed by atoms with Crippen LogP contribution < -0.4 is 0 Å². The highest BCUT2D eigenvalue weighted by atomic mass is 35.5. The predicted molar refractivity (Wildman–Crippen MR) is 75.6 cm³/mol. The Labute approximate surface area is 116 Å². The van der Waals surface area contributed by atoms with Gasteiger partial charge in [-0.05, 0) is 30.2 Å². The third-order valence-electron chi connectivity index (χ3n) is 2.67. The molecule has 0 aliphatic carbocycles. The minimum absolute atomic E-state index is 0.0586. The van der Waals surface area contributed by atoms with Crippen molar-refractivity contribution in [2.75, 3.05) is 0 Å². The summed E-state index contributed by atoms with van der Waals surface area (Å²) in [6.45, 7) is 0. The maximum atomic E-state index is 12.0. The van der Waals surface area contributed by atoms with Gasteiger partial charge in [0.1, 0.15) is 0 Å². The predicted octanol–water partition coefficient (Wildman–Crippen LogP) is 4.81. The van der Waals surface area contributed by atoms with Crippen LogP contribution in [0.4, 0.5) is 0 Å². The highest BCUT2D eigenvalue weighted by molar-refractivity contribution is 6.35. The first-order valence-corrected chi connectivity index (χ1v) is 6.44. The summed E-state index contributed by atoms with van der Waals surface area (Å²) < 4.78 is 0. The molecule has 0 aliphatic rings. The molecule has 0 bridgehead atoms. The minimum atomic E-state index is 0.0586. The van der Waals surface area contributed by atoms with Crippen LogP contribution in [0.3, 0.4) is 0 Å². The van der Waals surface area contributed by atoms with E-state index < -0.39 is 0 Å². The van der Waals surface area contributed by atoms with E-state index >= 15 is 0 Å². The minimum Gasteiger partial charge on any atom is -0.294 e. The topological polar surface area (TPSA) is 17.1 Å². The average Bonchev–Trinajstić information content (AvgIpc) is 2.36. The molecule has 0 N–H and O–H groups in total. The van der Waals surface area contributed by atoms with Gasteiger partial charge in [0.15, 0.2) is 5.78 Å². The van der Waals surface area contributed by atoms with Gasteiger partial charge in [-0.25, -0.2) is 0 Å². The number of hydrogen-bond acceptors (Lipinski definition) is 1. The van der Waals surface area contributed by atoms with Crippen LogP contribution in [0.25, 0.3) is 0 Å². The fourth-order valence-electron chi connectivity index (χ4n) is 1.76. The van der Waals surface area contributed by atoms with Crippen LogP contribution in [0.1, 0.15) is 22.3 Å². The number of aryl methyl sites for hydroxylation is 1. The molecule has 0 fully saturated rings. The lowest BCUT2D eigenvalue weighted by molar-refractivity contribution is 0.0983. The molecule has 0 atom stereocenters. The van der Waals surface area contributed by atoms with Crippen molar-refractivity contribution in [3.63, 3.8) is 0 Å². The van der Waals surface area contributed by atoms with Crippen LogP contribution in [-0.4, -0.2) is 5.78 Å². The van der Waals surface area contributed by atoms with Gasteiger partial charge in [-0.2, -0.15) is 0 Å². The number of carbonyl (C=O) groups excluding carboxylic acids is 1. The molecular weight excluding hydrogens is 267 g/mol. The molecule has 0 unspecified atom stereocenters. The van der Waals surface area contributed by atoms with Gasteiger partial charge in [0, 0.05) is 22.0 Å². The smallest absolute Gasteiger partial charge is 0.163 e. The van der Waals surface area contributed by atoms with Crippen molar-refractivity contribution in [3.05, 3.63) is 69.7 Å². The second-order valence-corrected chi connectivity index (χ2v) is 4.94. The molecule has 0 saturated carbocycles. The molecule has 92 valence electrons. The fourth-order valence-corrected chi connectivity index (χ4v) is 2.29. The van der Waals surface area contributed by atoms with Crippen molar-refractivity contribution in [2.45, 2.75) is 12.8 Å². The Morgan fingerprint density at radius 1 is 0.944 bits per heavy atom. The molecule has 18 heavy (non-hydrogen) atoms. The van der Waals surface area contributed by atoms with E-state index in [0.717, 1.165) is 12.0 Å². The number of rotatable bonds is 4. The van der Waals surface area contributed by atoms with Gasteiger partial charge in [0.05, 0.1) is 0 Å². The van der Waals surface area contributed by atoms with Crippen LogP contribution in [-0.2, 0) is 6.42 Å². The third-order valence-corrected chi connectivity index (χ3v) is 3.10. The summed E-state index contributed by atoms with van der Waals surface area (Å²) in [5.41, 5.74) is 1.72. The first-order valence-electron chi connectivity index (χ1n) is 5.68. The summed E-state index contributed by atoms with van der Waals surface area (Å²) in [7, 11) is 0. The zero-order chi connectivity index (χ0) is 13.0. The molecule has 2 rings (SSSR count). The molecule has 3 heteroatoms. The zero-order valence-electron chi connectivity index (χ0n) is 9.70. The highest BCUT2D eigenvalue weighted by Crippen LogP contribution is 2.20. The van der Waals surface area contributed by atoms with Gasteiger partial charge in [0.2, 0.25) is 0 Å². The van der Waals surface area contributed by atoms with Crippen molar-refractivity contribution in [2.24, 2.45) is 0 Å². The molecular formula is C15H12Cl2O. The number of benzene rings is 2. The van der Waals surface area contributed by atoms with Crippen LogP contribution in [0.2, 0.25) is 10.0 Å². The lowest BCUT2D eigenvalue weighted by Gasteiger charge is -2.03. The molecule has 0 amide bonds. The largest absolute Gasteiger partial charge is 0.294 e. The van der Waals surface area contributed by atoms with E-state index in [4.69, 9.17) is 23.2 Å². The Bertz CT molecular complexity index is 529. The molecule has 0 heterocycles. The van der Waals surface area contributed by atoms with Gasteiger partial charge in [-0.3, -0.25) is 4.79 Å². The SMILES string of the molecule is O=C(CCc1ccccc1)c1cc(Cl)cc(Cl)c1. The van der Waals surface area contributed by atoms with Crippen molar-refractivity contribution in [1.82, 2.24) is 0 Å². The normalized spacial score (nSPS) is 10.3. The maximum Gasteiger partial charge on any atom is 0.163 e. The average molecular weight is 279 g/mol. The van der Waals surface area contributed by atoms with Crippen LogP contribution in [0.5, 0.6) is 0 Å². The standard InChI is InChI=1S/C15H12Cl2O/c16-13-8-12(9-14(17)10-13)15(18)7-6-11-4-2-1-3-5-11/h1-5,8-10H,6-7H2. The fraction of sp³-hybridized carbons (Fsp3) is 0.133. The van der Waals surface area contributed by atoms with E-state index in [1.54, 1.807) is 18.2 Å². The number of hydrogen-bond donors (Lipinski definition) is 0. The summed E-state index contributed by atoms with van der Waals surface area (Å²) in [6, 6.07) is 14.9. The van der Waals surface area contributed by atoms with Crippen LogP contribution >= 0.6 is 23.2 Å². The second kappa shape index (κ2) is 6.03. The van der Waals surface area contributed by atoms with Crippen molar-refractivity contribution >= 4 is 29.0 Å². The number of halogens is 2. The number of carbonyl (C=O) groups is 1. The molecule has 1 nitrogen and oxygen atoms in total. The van der Waals surface area contributed by atoms with Crippen LogP contribution in [0, 0.1) is 0 Å². The Morgan fingerprint density at radius 2 is 1.56 bits per heavy atom.